The predicted molar refractivity (Wildman–Crippen MR) is 107 cm³/mol. The lowest BCUT2D eigenvalue weighted by Crippen LogP contribution is -2.43. The van der Waals surface area contributed by atoms with Crippen LogP contribution in [0.15, 0.2) is 64.5 Å². The minimum atomic E-state index is -3.16. The molecule has 0 saturated carbocycles. The third-order valence-electron chi connectivity index (χ3n) is 4.29. The first kappa shape index (κ1) is 20.0. The first-order chi connectivity index (χ1) is 12.2. The zero-order chi connectivity index (χ0) is 19.2. The molecule has 2 N–H and O–H groups in total. The van der Waals surface area contributed by atoms with Crippen molar-refractivity contribution in [3.63, 3.8) is 0 Å². The number of guanidine groups is 1. The summed E-state index contributed by atoms with van der Waals surface area (Å²) < 4.78 is 23.0. The highest BCUT2D eigenvalue weighted by molar-refractivity contribution is 7.90. The van der Waals surface area contributed by atoms with Crippen LogP contribution in [0, 0.1) is 0 Å². The van der Waals surface area contributed by atoms with Crippen molar-refractivity contribution >= 4 is 15.8 Å². The lowest BCUT2D eigenvalue weighted by Gasteiger charge is -2.26. The number of hydrogen-bond donors (Lipinski definition) is 2. The van der Waals surface area contributed by atoms with E-state index in [9.17, 15) is 8.42 Å². The van der Waals surface area contributed by atoms with E-state index in [1.54, 1.807) is 19.2 Å². The molecule has 6 heteroatoms. The van der Waals surface area contributed by atoms with Crippen LogP contribution in [0.1, 0.15) is 25.0 Å². The van der Waals surface area contributed by atoms with Gasteiger partial charge in [0.1, 0.15) is 0 Å². The van der Waals surface area contributed by atoms with Gasteiger partial charge in [-0.05, 0) is 23.3 Å². The Bertz CT molecular complexity index is 842. The van der Waals surface area contributed by atoms with E-state index in [1.807, 2.05) is 30.3 Å². The molecule has 0 saturated heterocycles. The molecule has 0 aromatic heterocycles. The van der Waals surface area contributed by atoms with Crippen LogP contribution in [0.5, 0.6) is 0 Å². The van der Waals surface area contributed by atoms with E-state index in [-0.39, 0.29) is 5.41 Å². The molecule has 0 unspecified atom stereocenters. The van der Waals surface area contributed by atoms with Crippen LogP contribution >= 0.6 is 0 Å². The summed E-state index contributed by atoms with van der Waals surface area (Å²) in [5.41, 5.74) is 2.22. The molecule has 0 bridgehead atoms. The van der Waals surface area contributed by atoms with Crippen molar-refractivity contribution in [1.29, 1.82) is 0 Å². The molecule has 0 amide bonds. The Kier molecular flexibility index (Phi) is 6.42. The molecule has 0 aliphatic carbocycles. The number of nitrogens with one attached hydrogen (secondary N) is 2. The van der Waals surface area contributed by atoms with Gasteiger partial charge < -0.3 is 10.6 Å². The Labute approximate surface area is 156 Å². The van der Waals surface area contributed by atoms with Gasteiger partial charge in [-0.1, -0.05) is 56.3 Å². The molecule has 2 aromatic carbocycles. The molecule has 2 aromatic rings. The fourth-order valence-electron chi connectivity index (χ4n) is 2.56. The second-order valence-corrected chi connectivity index (χ2v) is 8.96. The van der Waals surface area contributed by atoms with E-state index in [1.165, 1.54) is 11.8 Å². The maximum atomic E-state index is 11.5. The highest BCUT2D eigenvalue weighted by Gasteiger charge is 2.20. The summed E-state index contributed by atoms with van der Waals surface area (Å²) in [6, 6.07) is 17.2. The lowest BCUT2D eigenvalue weighted by atomic mass is 9.85. The van der Waals surface area contributed by atoms with Crippen LogP contribution in [0.3, 0.4) is 0 Å². The van der Waals surface area contributed by atoms with E-state index >= 15 is 0 Å². The minimum absolute atomic E-state index is 0.0317. The number of nitrogens with zero attached hydrogens (tertiary/aromatic N) is 1. The van der Waals surface area contributed by atoms with Gasteiger partial charge >= 0.3 is 0 Å². The summed E-state index contributed by atoms with van der Waals surface area (Å²) >= 11 is 0. The molecule has 0 heterocycles. The summed E-state index contributed by atoms with van der Waals surface area (Å²) in [4.78, 5) is 4.58. The van der Waals surface area contributed by atoms with E-state index in [0.717, 1.165) is 12.1 Å². The molecule has 0 spiro atoms. The van der Waals surface area contributed by atoms with Gasteiger partial charge in [0.2, 0.25) is 0 Å². The second kappa shape index (κ2) is 8.36. The smallest absolute Gasteiger partial charge is 0.191 e. The molecule has 0 radical (unpaired) electrons. The van der Waals surface area contributed by atoms with Crippen LogP contribution in [0.2, 0.25) is 0 Å². The van der Waals surface area contributed by atoms with Crippen molar-refractivity contribution in [2.45, 2.75) is 30.7 Å². The van der Waals surface area contributed by atoms with Crippen molar-refractivity contribution in [3.05, 3.63) is 65.7 Å². The van der Waals surface area contributed by atoms with Crippen molar-refractivity contribution in [1.82, 2.24) is 10.6 Å². The molecule has 0 aliphatic heterocycles. The van der Waals surface area contributed by atoms with E-state index in [2.05, 4.69) is 41.6 Å². The number of benzene rings is 2. The molecule has 0 fully saturated rings. The van der Waals surface area contributed by atoms with Crippen molar-refractivity contribution < 1.29 is 8.42 Å². The molecule has 26 heavy (non-hydrogen) atoms. The average Bonchev–Trinajstić information content (AvgIpc) is 2.62. The predicted octanol–water partition coefficient (Wildman–Crippen LogP) is 2.73. The molecular weight excluding hydrogens is 346 g/mol. The first-order valence-corrected chi connectivity index (χ1v) is 10.4. The lowest BCUT2D eigenvalue weighted by molar-refractivity contribution is 0.508. The van der Waals surface area contributed by atoms with Gasteiger partial charge in [0.25, 0.3) is 0 Å². The number of hydrogen-bond acceptors (Lipinski definition) is 3. The monoisotopic (exact) mass is 373 g/mol. The molecule has 5 nitrogen and oxygen atoms in total. The Morgan fingerprint density at radius 2 is 1.62 bits per heavy atom. The quantitative estimate of drug-likeness (QED) is 0.603. The zero-order valence-electron chi connectivity index (χ0n) is 15.8. The SMILES string of the molecule is CN=C(NCc1ccc(S(C)(=O)=O)cc1)NCC(C)(C)c1ccccc1. The van der Waals surface area contributed by atoms with Crippen LogP contribution < -0.4 is 10.6 Å². The largest absolute Gasteiger partial charge is 0.356 e. The zero-order valence-corrected chi connectivity index (χ0v) is 16.6. The highest BCUT2D eigenvalue weighted by Crippen LogP contribution is 2.21. The summed E-state index contributed by atoms with van der Waals surface area (Å²) in [5, 5.41) is 6.61. The van der Waals surface area contributed by atoms with E-state index in [4.69, 9.17) is 0 Å². The first-order valence-electron chi connectivity index (χ1n) is 8.51. The van der Waals surface area contributed by atoms with Gasteiger partial charge in [-0.25, -0.2) is 8.42 Å². The van der Waals surface area contributed by atoms with Crippen LogP contribution in [-0.2, 0) is 21.8 Å². The summed E-state index contributed by atoms with van der Waals surface area (Å²) in [5.74, 6) is 0.709. The van der Waals surface area contributed by atoms with Gasteiger partial charge in [-0.3, -0.25) is 4.99 Å². The topological polar surface area (TPSA) is 70.6 Å². The Balaban J connectivity index is 1.92. The summed E-state index contributed by atoms with van der Waals surface area (Å²) in [7, 11) is -1.43. The number of aliphatic imine (C=N–C) groups is 1. The fraction of sp³-hybridized carbons (Fsp3) is 0.350. The van der Waals surface area contributed by atoms with E-state index in [0.29, 0.717) is 17.4 Å². The number of sulfone groups is 1. The van der Waals surface area contributed by atoms with Gasteiger partial charge in [0, 0.05) is 31.8 Å². The third-order valence-corrected chi connectivity index (χ3v) is 5.42. The van der Waals surface area contributed by atoms with Crippen molar-refractivity contribution in [2.75, 3.05) is 19.8 Å². The molecule has 0 atom stereocenters. The van der Waals surface area contributed by atoms with Gasteiger partial charge in [-0.2, -0.15) is 0 Å². The van der Waals surface area contributed by atoms with Crippen molar-refractivity contribution in [3.8, 4) is 0 Å². The summed E-state index contributed by atoms with van der Waals surface area (Å²) in [6.07, 6.45) is 1.21. The average molecular weight is 374 g/mol. The van der Waals surface area contributed by atoms with Gasteiger partial charge in [0.15, 0.2) is 15.8 Å². The van der Waals surface area contributed by atoms with Crippen LogP contribution in [0.25, 0.3) is 0 Å². The summed E-state index contributed by atoms with van der Waals surface area (Å²) in [6.45, 7) is 5.68. The van der Waals surface area contributed by atoms with Crippen LogP contribution in [0.4, 0.5) is 0 Å². The third kappa shape index (κ3) is 5.59. The maximum Gasteiger partial charge on any atom is 0.191 e. The molecule has 0 aliphatic rings. The van der Waals surface area contributed by atoms with Gasteiger partial charge in [0.05, 0.1) is 4.90 Å². The fourth-order valence-corrected chi connectivity index (χ4v) is 3.19. The standard InChI is InChI=1S/C20H27N3O2S/c1-20(2,17-8-6-5-7-9-17)15-23-19(21-3)22-14-16-10-12-18(13-11-16)26(4,24)25/h5-13H,14-15H2,1-4H3,(H2,21,22,23). The Morgan fingerprint density at radius 1 is 1.00 bits per heavy atom. The Morgan fingerprint density at radius 3 is 2.15 bits per heavy atom. The van der Waals surface area contributed by atoms with Gasteiger partial charge in [-0.15, -0.1) is 0 Å². The molecule has 140 valence electrons. The minimum Gasteiger partial charge on any atom is -0.356 e. The van der Waals surface area contributed by atoms with Crippen LogP contribution in [-0.4, -0.2) is 34.2 Å². The second-order valence-electron chi connectivity index (χ2n) is 6.95. The maximum absolute atomic E-state index is 11.5. The number of rotatable bonds is 6. The molecular formula is C20H27N3O2S. The van der Waals surface area contributed by atoms with Crippen molar-refractivity contribution in [2.24, 2.45) is 4.99 Å². The normalized spacial score (nSPS) is 12.7. The molecule has 2 rings (SSSR count). The van der Waals surface area contributed by atoms with E-state index < -0.39 is 9.84 Å². The highest BCUT2D eigenvalue weighted by atomic mass is 32.2. The Hall–Kier alpha value is -2.34.